The van der Waals surface area contributed by atoms with Crippen molar-refractivity contribution in [3.8, 4) is 11.1 Å². The molecule has 0 saturated carbocycles. The zero-order chi connectivity index (χ0) is 10.2. The van der Waals surface area contributed by atoms with Crippen molar-refractivity contribution in [3.63, 3.8) is 0 Å². The highest BCUT2D eigenvalue weighted by atomic mass is 32.2. The van der Waals surface area contributed by atoms with Gasteiger partial charge in [-0.2, -0.15) is 0 Å². The second-order valence-corrected chi connectivity index (χ2v) is 4.62. The molecule has 0 aromatic heterocycles. The lowest BCUT2D eigenvalue weighted by Crippen LogP contribution is -2.11. The average molecular weight is 207 g/mol. The number of sulfonamides is 1. The molecule has 2 rings (SSSR count). The molecule has 0 aromatic rings. The van der Waals surface area contributed by atoms with E-state index in [-0.39, 0.29) is 4.90 Å². The van der Waals surface area contributed by atoms with Crippen LogP contribution in [0.3, 0.4) is 0 Å². The third kappa shape index (κ3) is 1.62. The molecule has 0 atom stereocenters. The molecule has 72 valence electrons. The van der Waals surface area contributed by atoms with E-state index in [9.17, 15) is 8.42 Å². The molecule has 0 amide bonds. The van der Waals surface area contributed by atoms with Gasteiger partial charge in [-0.1, -0.05) is 30.3 Å². The monoisotopic (exact) mass is 207 g/mol. The topological polar surface area (TPSA) is 60.2 Å². The summed E-state index contributed by atoms with van der Waals surface area (Å²) >= 11 is 0. The predicted molar refractivity (Wildman–Crippen MR) is 54.4 cm³/mol. The number of nitrogens with two attached hydrogens (primary N) is 1. The van der Waals surface area contributed by atoms with Crippen molar-refractivity contribution in [3.05, 3.63) is 42.5 Å². The van der Waals surface area contributed by atoms with E-state index in [1.165, 1.54) is 6.07 Å². The number of fused-ring (bicyclic) bond motifs is 1. The lowest BCUT2D eigenvalue weighted by atomic mass is 10.2. The molecule has 0 bridgehead atoms. The van der Waals surface area contributed by atoms with Crippen LogP contribution in [-0.2, 0) is 10.0 Å². The van der Waals surface area contributed by atoms with Crippen LogP contribution in [0.5, 0.6) is 0 Å². The minimum absolute atomic E-state index is 0.138. The van der Waals surface area contributed by atoms with Crippen LogP contribution >= 0.6 is 0 Å². The first-order valence-corrected chi connectivity index (χ1v) is 5.63. The number of hydrogen-bond donors (Lipinski definition) is 1. The summed E-state index contributed by atoms with van der Waals surface area (Å²) in [4.78, 5) is 0.138. The Kier molecular flexibility index (Phi) is 2.02. The molecule has 2 aliphatic carbocycles. The fourth-order valence-electron chi connectivity index (χ4n) is 1.36. The number of rotatable bonds is 1. The fourth-order valence-corrected chi connectivity index (χ4v) is 1.92. The molecule has 0 radical (unpaired) electrons. The van der Waals surface area contributed by atoms with Crippen LogP contribution in [0.4, 0.5) is 0 Å². The van der Waals surface area contributed by atoms with Gasteiger partial charge in [-0.3, -0.25) is 0 Å². The van der Waals surface area contributed by atoms with Crippen LogP contribution in [0.25, 0.3) is 11.1 Å². The largest absolute Gasteiger partial charge is 0.238 e. The third-order valence-corrected chi connectivity index (χ3v) is 2.96. The predicted octanol–water partition coefficient (Wildman–Crippen LogP) is 1.44. The zero-order valence-electron chi connectivity index (χ0n) is 7.34. The molecule has 0 fully saturated rings. The van der Waals surface area contributed by atoms with E-state index in [2.05, 4.69) is 0 Å². The molecule has 0 saturated heterocycles. The zero-order valence-corrected chi connectivity index (χ0v) is 8.16. The van der Waals surface area contributed by atoms with Gasteiger partial charge < -0.3 is 0 Å². The van der Waals surface area contributed by atoms with Gasteiger partial charge >= 0.3 is 0 Å². The van der Waals surface area contributed by atoms with Gasteiger partial charge in [-0.25, -0.2) is 13.6 Å². The van der Waals surface area contributed by atoms with Crippen molar-refractivity contribution in [1.29, 1.82) is 0 Å². The van der Waals surface area contributed by atoms with Gasteiger partial charge in [0.05, 0.1) is 4.90 Å². The van der Waals surface area contributed by atoms with E-state index in [4.69, 9.17) is 5.14 Å². The van der Waals surface area contributed by atoms with Crippen molar-refractivity contribution >= 4 is 10.0 Å². The molecule has 3 nitrogen and oxygen atoms in total. The highest BCUT2D eigenvalue weighted by Crippen LogP contribution is 2.23. The maximum atomic E-state index is 11.1. The first kappa shape index (κ1) is 9.18. The Bertz CT molecular complexity index is 534. The summed E-state index contributed by atoms with van der Waals surface area (Å²) < 4.78 is 22.2. The maximum Gasteiger partial charge on any atom is 0.238 e. The van der Waals surface area contributed by atoms with E-state index in [1.54, 1.807) is 12.1 Å². The van der Waals surface area contributed by atoms with Gasteiger partial charge in [0.15, 0.2) is 0 Å². The normalized spacial score (nSPS) is 11.8. The Labute approximate surface area is 82.6 Å². The minimum atomic E-state index is -3.62. The van der Waals surface area contributed by atoms with E-state index in [1.807, 2.05) is 24.3 Å². The van der Waals surface area contributed by atoms with Crippen LogP contribution in [0, 0.1) is 0 Å². The highest BCUT2D eigenvalue weighted by molar-refractivity contribution is 7.89. The maximum absolute atomic E-state index is 11.1. The molecule has 0 unspecified atom stereocenters. The van der Waals surface area contributed by atoms with Gasteiger partial charge in [-0.15, -0.1) is 0 Å². The standard InChI is InChI=1S/C10H9NO2S/c11-14(12,13)10-6-2-4-8-3-1-5-9(8)7-10/h1-7H,(H2,11,12,13). The van der Waals surface area contributed by atoms with Crippen LogP contribution in [-0.4, -0.2) is 8.42 Å². The Morgan fingerprint density at radius 1 is 0.929 bits per heavy atom. The average Bonchev–Trinajstić information content (AvgIpc) is 2.41. The quantitative estimate of drug-likeness (QED) is 0.769. The van der Waals surface area contributed by atoms with Crippen molar-refractivity contribution in [2.24, 2.45) is 5.14 Å². The van der Waals surface area contributed by atoms with E-state index in [0.29, 0.717) is 0 Å². The van der Waals surface area contributed by atoms with Gasteiger partial charge in [0, 0.05) is 0 Å². The van der Waals surface area contributed by atoms with Crippen molar-refractivity contribution in [1.82, 2.24) is 0 Å². The number of hydrogen-bond acceptors (Lipinski definition) is 2. The Morgan fingerprint density at radius 3 is 2.14 bits per heavy atom. The van der Waals surface area contributed by atoms with Crippen molar-refractivity contribution in [2.75, 3.05) is 0 Å². The molecular weight excluding hydrogens is 198 g/mol. The Morgan fingerprint density at radius 2 is 1.50 bits per heavy atom. The second-order valence-electron chi connectivity index (χ2n) is 3.05. The number of primary sulfonamides is 1. The summed E-state index contributed by atoms with van der Waals surface area (Å²) in [6.45, 7) is 0. The van der Waals surface area contributed by atoms with Crippen LogP contribution in [0.15, 0.2) is 47.4 Å². The van der Waals surface area contributed by atoms with Crippen LogP contribution in [0.1, 0.15) is 0 Å². The summed E-state index contributed by atoms with van der Waals surface area (Å²) in [6, 6.07) is 12.2. The lowest BCUT2D eigenvalue weighted by molar-refractivity contribution is 0.598. The summed E-state index contributed by atoms with van der Waals surface area (Å²) in [5.74, 6) is 0. The SMILES string of the molecule is NS(=O)(=O)c1cccc2cccc-2c1. The molecule has 0 heterocycles. The molecule has 2 aliphatic rings. The molecular formula is C10H9NO2S. The van der Waals surface area contributed by atoms with E-state index in [0.717, 1.165) is 11.1 Å². The fraction of sp³-hybridized carbons (Fsp3) is 0. The highest BCUT2D eigenvalue weighted by Gasteiger charge is 2.08. The van der Waals surface area contributed by atoms with Crippen LogP contribution in [0.2, 0.25) is 0 Å². The molecule has 4 heteroatoms. The first-order valence-electron chi connectivity index (χ1n) is 4.09. The molecule has 0 spiro atoms. The Hall–Kier alpha value is -1.39. The smallest absolute Gasteiger partial charge is 0.225 e. The van der Waals surface area contributed by atoms with Gasteiger partial charge in [-0.05, 0) is 23.3 Å². The molecule has 0 aliphatic heterocycles. The second kappa shape index (κ2) is 3.08. The van der Waals surface area contributed by atoms with Crippen molar-refractivity contribution < 1.29 is 8.42 Å². The molecule has 2 N–H and O–H groups in total. The van der Waals surface area contributed by atoms with Gasteiger partial charge in [0.2, 0.25) is 10.0 Å². The lowest BCUT2D eigenvalue weighted by Gasteiger charge is -1.94. The summed E-state index contributed by atoms with van der Waals surface area (Å²) in [7, 11) is -3.62. The van der Waals surface area contributed by atoms with Crippen molar-refractivity contribution in [2.45, 2.75) is 4.90 Å². The summed E-state index contributed by atoms with van der Waals surface area (Å²) in [5.41, 5.74) is 1.87. The molecule has 14 heavy (non-hydrogen) atoms. The van der Waals surface area contributed by atoms with E-state index < -0.39 is 10.0 Å². The van der Waals surface area contributed by atoms with Crippen LogP contribution < -0.4 is 5.14 Å². The van der Waals surface area contributed by atoms with Gasteiger partial charge in [0.1, 0.15) is 0 Å². The summed E-state index contributed by atoms with van der Waals surface area (Å²) in [5, 5.41) is 5.04. The summed E-state index contributed by atoms with van der Waals surface area (Å²) in [6.07, 6.45) is 0. The first-order chi connectivity index (χ1) is 6.57. The van der Waals surface area contributed by atoms with Gasteiger partial charge in [0.25, 0.3) is 0 Å². The Balaban J connectivity index is 2.72. The minimum Gasteiger partial charge on any atom is -0.225 e. The third-order valence-electron chi connectivity index (χ3n) is 2.05. The molecule has 0 aromatic carbocycles. The van der Waals surface area contributed by atoms with E-state index >= 15 is 0 Å².